The van der Waals surface area contributed by atoms with Crippen molar-refractivity contribution in [3.63, 3.8) is 0 Å². The highest BCUT2D eigenvalue weighted by Crippen LogP contribution is 2.23. The van der Waals surface area contributed by atoms with Gasteiger partial charge in [-0.25, -0.2) is 4.99 Å². The van der Waals surface area contributed by atoms with Crippen LogP contribution in [0.15, 0.2) is 23.5 Å². The lowest BCUT2D eigenvalue weighted by Crippen LogP contribution is -2.25. The maximum atomic E-state index is 4.60. The molecular formula is C11H15N3. The van der Waals surface area contributed by atoms with Gasteiger partial charge in [0.2, 0.25) is 0 Å². The van der Waals surface area contributed by atoms with Crippen LogP contribution in [-0.2, 0) is 0 Å². The Labute approximate surface area is 84.2 Å². The van der Waals surface area contributed by atoms with Gasteiger partial charge in [-0.05, 0) is 12.1 Å². The molecule has 14 heavy (non-hydrogen) atoms. The Morgan fingerprint density at radius 3 is 2.93 bits per heavy atom. The lowest BCUT2D eigenvalue weighted by Gasteiger charge is -2.18. The molecule has 2 rings (SSSR count). The van der Waals surface area contributed by atoms with Crippen molar-refractivity contribution in [3.8, 4) is 0 Å². The zero-order chi connectivity index (χ0) is 10.1. The van der Waals surface area contributed by atoms with Crippen LogP contribution in [0.2, 0.25) is 0 Å². The van der Waals surface area contributed by atoms with Crippen molar-refractivity contribution in [2.24, 2.45) is 10.9 Å². The van der Waals surface area contributed by atoms with Crippen molar-refractivity contribution < 1.29 is 0 Å². The van der Waals surface area contributed by atoms with Gasteiger partial charge in [-0.2, -0.15) is 0 Å². The maximum Gasteiger partial charge on any atom is 0.139 e. The molecule has 2 heterocycles. The zero-order valence-electron chi connectivity index (χ0n) is 8.78. The van der Waals surface area contributed by atoms with E-state index in [4.69, 9.17) is 0 Å². The summed E-state index contributed by atoms with van der Waals surface area (Å²) in [5.74, 6) is 2.47. The van der Waals surface area contributed by atoms with E-state index in [0.29, 0.717) is 5.92 Å². The zero-order valence-corrected chi connectivity index (χ0v) is 8.78. The first-order valence-corrected chi connectivity index (χ1v) is 4.85. The summed E-state index contributed by atoms with van der Waals surface area (Å²) < 4.78 is 0. The van der Waals surface area contributed by atoms with Crippen LogP contribution < -0.4 is 0 Å². The van der Waals surface area contributed by atoms with Gasteiger partial charge in [0.05, 0.1) is 0 Å². The van der Waals surface area contributed by atoms with Gasteiger partial charge < -0.3 is 9.88 Å². The fraction of sp³-hybridized carbons (Fsp3) is 0.364. The van der Waals surface area contributed by atoms with Crippen LogP contribution in [0.5, 0.6) is 0 Å². The number of hydrogen-bond donors (Lipinski definition) is 1. The smallest absolute Gasteiger partial charge is 0.139 e. The van der Waals surface area contributed by atoms with Crippen molar-refractivity contribution >= 4 is 17.7 Å². The minimum atomic E-state index is 0.430. The van der Waals surface area contributed by atoms with E-state index in [0.717, 1.165) is 17.2 Å². The van der Waals surface area contributed by atoms with E-state index < -0.39 is 0 Å². The van der Waals surface area contributed by atoms with Gasteiger partial charge in [-0.15, -0.1) is 0 Å². The summed E-state index contributed by atoms with van der Waals surface area (Å²) in [4.78, 5) is 9.81. The third kappa shape index (κ3) is 1.45. The third-order valence-corrected chi connectivity index (χ3v) is 2.34. The van der Waals surface area contributed by atoms with Crippen LogP contribution in [0.25, 0.3) is 6.08 Å². The number of amidine groups is 1. The molecule has 3 heteroatoms. The van der Waals surface area contributed by atoms with Gasteiger partial charge in [0, 0.05) is 30.9 Å². The van der Waals surface area contributed by atoms with Gasteiger partial charge >= 0.3 is 0 Å². The first kappa shape index (κ1) is 9.06. The molecule has 0 atom stereocenters. The second kappa shape index (κ2) is 3.33. The lowest BCUT2D eigenvalue weighted by atomic mass is 10.2. The Morgan fingerprint density at radius 2 is 2.21 bits per heavy atom. The molecule has 1 aromatic heterocycles. The highest BCUT2D eigenvalue weighted by molar-refractivity contribution is 5.89. The average Bonchev–Trinajstić information content (AvgIpc) is 2.51. The molecule has 74 valence electrons. The summed E-state index contributed by atoms with van der Waals surface area (Å²) in [6.45, 7) is 4.30. The van der Waals surface area contributed by atoms with Crippen LogP contribution in [0.4, 0.5) is 5.82 Å². The van der Waals surface area contributed by atoms with Crippen LogP contribution in [0, 0.1) is 5.92 Å². The summed E-state index contributed by atoms with van der Waals surface area (Å²) in [5, 5.41) is 0. The molecule has 0 saturated carbocycles. The summed E-state index contributed by atoms with van der Waals surface area (Å²) >= 11 is 0. The Morgan fingerprint density at radius 1 is 1.43 bits per heavy atom. The molecule has 1 aliphatic rings. The molecule has 0 fully saturated rings. The summed E-state index contributed by atoms with van der Waals surface area (Å²) in [7, 11) is 2.03. The summed E-state index contributed by atoms with van der Waals surface area (Å²) in [5.41, 5.74) is 1.15. The number of aromatic amines is 1. The predicted molar refractivity (Wildman–Crippen MR) is 59.5 cm³/mol. The van der Waals surface area contributed by atoms with Crippen molar-refractivity contribution in [1.82, 2.24) is 9.88 Å². The number of rotatable bonds is 1. The Bertz CT molecular complexity index is 385. The minimum absolute atomic E-state index is 0.430. The predicted octanol–water partition coefficient (Wildman–Crippen LogP) is 2.62. The van der Waals surface area contributed by atoms with Crippen LogP contribution in [0.1, 0.15) is 19.4 Å². The quantitative estimate of drug-likeness (QED) is 0.723. The Kier molecular flexibility index (Phi) is 2.15. The van der Waals surface area contributed by atoms with Gasteiger partial charge in [0.25, 0.3) is 0 Å². The average molecular weight is 189 g/mol. The normalized spacial score (nSPS) is 15.4. The van der Waals surface area contributed by atoms with E-state index in [1.165, 1.54) is 0 Å². The van der Waals surface area contributed by atoms with Crippen molar-refractivity contribution in [2.45, 2.75) is 13.8 Å². The second-order valence-electron chi connectivity index (χ2n) is 3.83. The minimum Gasteiger partial charge on any atom is -0.346 e. The van der Waals surface area contributed by atoms with Gasteiger partial charge in [-0.1, -0.05) is 13.8 Å². The van der Waals surface area contributed by atoms with Gasteiger partial charge in [-0.3, -0.25) is 0 Å². The van der Waals surface area contributed by atoms with Gasteiger partial charge in [0.15, 0.2) is 0 Å². The van der Waals surface area contributed by atoms with Crippen LogP contribution in [-0.4, -0.2) is 22.8 Å². The standard InChI is InChI=1S/C11H15N3/c1-8(2)11-13-10-9(4-6-12-10)5-7-14(11)3/h4-8,12H,1-3H3. The molecular weight excluding hydrogens is 174 g/mol. The van der Waals surface area contributed by atoms with E-state index in [-0.39, 0.29) is 0 Å². The van der Waals surface area contributed by atoms with Crippen LogP contribution in [0.3, 0.4) is 0 Å². The molecule has 0 aromatic carbocycles. The highest BCUT2D eigenvalue weighted by Gasteiger charge is 2.13. The maximum absolute atomic E-state index is 4.60. The molecule has 1 aliphatic heterocycles. The van der Waals surface area contributed by atoms with Crippen LogP contribution >= 0.6 is 0 Å². The van der Waals surface area contributed by atoms with Crippen molar-refractivity contribution in [3.05, 3.63) is 24.0 Å². The Hall–Kier alpha value is -1.51. The van der Waals surface area contributed by atoms with E-state index in [2.05, 4.69) is 41.0 Å². The fourth-order valence-electron chi connectivity index (χ4n) is 1.60. The van der Waals surface area contributed by atoms with Crippen molar-refractivity contribution in [1.29, 1.82) is 0 Å². The summed E-state index contributed by atoms with van der Waals surface area (Å²) in [6.07, 6.45) is 6.05. The molecule has 0 aliphatic carbocycles. The SMILES string of the molecule is CC(C)C1=Nc2[nH]ccc2C=CN1C. The first-order chi connectivity index (χ1) is 6.68. The number of hydrogen-bond acceptors (Lipinski definition) is 2. The number of fused-ring (bicyclic) bond motifs is 1. The molecule has 0 saturated heterocycles. The molecule has 3 nitrogen and oxygen atoms in total. The number of H-pyrrole nitrogens is 1. The number of aliphatic imine (C=N–C) groups is 1. The monoisotopic (exact) mass is 189 g/mol. The first-order valence-electron chi connectivity index (χ1n) is 4.85. The van der Waals surface area contributed by atoms with Gasteiger partial charge in [0.1, 0.15) is 11.7 Å². The van der Waals surface area contributed by atoms with E-state index in [1.54, 1.807) is 0 Å². The summed E-state index contributed by atoms with van der Waals surface area (Å²) in [6, 6.07) is 2.03. The third-order valence-electron chi connectivity index (χ3n) is 2.34. The molecule has 0 bridgehead atoms. The molecule has 0 radical (unpaired) electrons. The molecule has 0 amide bonds. The topological polar surface area (TPSA) is 31.4 Å². The lowest BCUT2D eigenvalue weighted by molar-refractivity contribution is 0.631. The van der Waals surface area contributed by atoms with E-state index >= 15 is 0 Å². The van der Waals surface area contributed by atoms with E-state index in [9.17, 15) is 0 Å². The number of aromatic nitrogens is 1. The van der Waals surface area contributed by atoms with Crippen molar-refractivity contribution in [2.75, 3.05) is 7.05 Å². The molecule has 0 spiro atoms. The molecule has 0 unspecified atom stereocenters. The second-order valence-corrected chi connectivity index (χ2v) is 3.83. The highest BCUT2D eigenvalue weighted by atomic mass is 15.2. The largest absolute Gasteiger partial charge is 0.346 e. The molecule has 1 aromatic rings. The number of nitrogens with one attached hydrogen (secondary N) is 1. The van der Waals surface area contributed by atoms with E-state index in [1.807, 2.05) is 19.3 Å². The molecule has 1 N–H and O–H groups in total. The number of nitrogens with zero attached hydrogens (tertiary/aromatic N) is 2. The Balaban J connectivity index is 2.48. The fourth-order valence-corrected chi connectivity index (χ4v) is 1.60.